The third-order valence-corrected chi connectivity index (χ3v) is 2.60. The lowest BCUT2D eigenvalue weighted by molar-refractivity contribution is 0.112. The second-order valence-corrected chi connectivity index (χ2v) is 3.64. The van der Waals surface area contributed by atoms with Crippen LogP contribution in [0, 0.1) is 17.1 Å². The lowest BCUT2D eigenvalue weighted by Gasteiger charge is -2.08. The Kier molecular flexibility index (Phi) is 3.07. The number of phenols is 1. The number of hydrogen-bond acceptors (Lipinski definition) is 3. The molecule has 18 heavy (non-hydrogen) atoms. The minimum absolute atomic E-state index is 0.0780. The predicted octanol–water partition coefficient (Wildman–Crippen LogP) is 2.88. The number of phenolic OH excluding ortho intramolecular Hbond substituents is 1. The average molecular weight is 241 g/mol. The lowest BCUT2D eigenvalue weighted by atomic mass is 9.99. The van der Waals surface area contributed by atoms with E-state index in [4.69, 9.17) is 5.26 Å². The number of hydrogen-bond donors (Lipinski definition) is 1. The van der Waals surface area contributed by atoms with Gasteiger partial charge in [-0.1, -0.05) is 24.3 Å². The van der Waals surface area contributed by atoms with E-state index in [1.807, 2.05) is 0 Å². The molecule has 0 aliphatic rings. The third kappa shape index (κ3) is 1.82. The first-order valence-corrected chi connectivity index (χ1v) is 5.15. The van der Waals surface area contributed by atoms with E-state index in [-0.39, 0.29) is 28.0 Å². The molecule has 0 aromatic heterocycles. The van der Waals surface area contributed by atoms with Crippen molar-refractivity contribution in [1.82, 2.24) is 0 Å². The molecular weight excluding hydrogens is 233 g/mol. The maximum Gasteiger partial charge on any atom is 0.153 e. The number of benzene rings is 2. The van der Waals surface area contributed by atoms with Gasteiger partial charge < -0.3 is 5.11 Å². The van der Waals surface area contributed by atoms with E-state index in [2.05, 4.69) is 0 Å². The van der Waals surface area contributed by atoms with Crippen molar-refractivity contribution in [2.24, 2.45) is 0 Å². The zero-order valence-electron chi connectivity index (χ0n) is 9.22. The number of carbonyl (C=O) groups is 1. The van der Waals surface area contributed by atoms with Gasteiger partial charge in [-0.25, -0.2) is 4.39 Å². The van der Waals surface area contributed by atoms with Crippen molar-refractivity contribution in [1.29, 1.82) is 5.26 Å². The van der Waals surface area contributed by atoms with Crippen molar-refractivity contribution in [3.63, 3.8) is 0 Å². The van der Waals surface area contributed by atoms with Crippen molar-refractivity contribution >= 4 is 6.29 Å². The van der Waals surface area contributed by atoms with Crippen LogP contribution >= 0.6 is 0 Å². The largest absolute Gasteiger partial charge is 0.507 e. The van der Waals surface area contributed by atoms with Crippen LogP contribution in [0.3, 0.4) is 0 Å². The minimum Gasteiger partial charge on any atom is -0.507 e. The van der Waals surface area contributed by atoms with Crippen LogP contribution in [0.1, 0.15) is 15.9 Å². The second-order valence-electron chi connectivity index (χ2n) is 3.64. The molecule has 0 aliphatic carbocycles. The molecule has 1 N–H and O–H groups in total. The molecule has 0 amide bonds. The maximum atomic E-state index is 14.0. The standard InChI is InChI=1S/C14H8FNO2/c15-13-9(7-16)3-1-5-11(13)12-6-2-4-10(8-17)14(12)18/h1-6,8,18H. The summed E-state index contributed by atoms with van der Waals surface area (Å²) in [5, 5.41) is 18.6. The third-order valence-electron chi connectivity index (χ3n) is 2.60. The fourth-order valence-electron chi connectivity index (χ4n) is 1.70. The summed E-state index contributed by atoms with van der Waals surface area (Å²) < 4.78 is 14.0. The quantitative estimate of drug-likeness (QED) is 0.822. The Morgan fingerprint density at radius 3 is 2.50 bits per heavy atom. The molecular formula is C14H8FNO2. The molecule has 0 unspecified atom stereocenters. The van der Waals surface area contributed by atoms with E-state index >= 15 is 0 Å². The molecule has 0 aliphatic heterocycles. The van der Waals surface area contributed by atoms with Crippen LogP contribution in [0.4, 0.5) is 4.39 Å². The SMILES string of the molecule is N#Cc1cccc(-c2cccc(C=O)c2O)c1F. The summed E-state index contributed by atoms with van der Waals surface area (Å²) in [5.41, 5.74) is 0.252. The number of nitrogens with zero attached hydrogens (tertiary/aromatic N) is 1. The van der Waals surface area contributed by atoms with Crippen molar-refractivity contribution in [2.75, 3.05) is 0 Å². The monoisotopic (exact) mass is 241 g/mol. The van der Waals surface area contributed by atoms with E-state index in [0.717, 1.165) is 0 Å². The Hall–Kier alpha value is -2.67. The zero-order valence-corrected chi connectivity index (χ0v) is 9.22. The molecule has 3 nitrogen and oxygen atoms in total. The first-order chi connectivity index (χ1) is 8.69. The van der Waals surface area contributed by atoms with Gasteiger partial charge in [-0.15, -0.1) is 0 Å². The van der Waals surface area contributed by atoms with E-state index in [0.29, 0.717) is 6.29 Å². The number of rotatable bonds is 2. The fourth-order valence-corrected chi connectivity index (χ4v) is 1.70. The Morgan fingerprint density at radius 1 is 1.17 bits per heavy atom. The van der Waals surface area contributed by atoms with Crippen LogP contribution in [0.15, 0.2) is 36.4 Å². The van der Waals surface area contributed by atoms with E-state index in [9.17, 15) is 14.3 Å². The van der Waals surface area contributed by atoms with Gasteiger partial charge in [-0.2, -0.15) is 5.26 Å². The first-order valence-electron chi connectivity index (χ1n) is 5.15. The molecule has 0 fully saturated rings. The van der Waals surface area contributed by atoms with Crippen LogP contribution < -0.4 is 0 Å². The zero-order chi connectivity index (χ0) is 13.1. The van der Waals surface area contributed by atoms with Gasteiger partial charge >= 0.3 is 0 Å². The molecule has 0 heterocycles. The minimum atomic E-state index is -0.710. The van der Waals surface area contributed by atoms with Crippen LogP contribution in [-0.2, 0) is 0 Å². The first kappa shape index (κ1) is 11.8. The number of halogens is 1. The summed E-state index contributed by atoms with van der Waals surface area (Å²) in [4.78, 5) is 10.7. The molecule has 2 rings (SSSR count). The van der Waals surface area contributed by atoms with E-state index in [1.165, 1.54) is 36.4 Å². The van der Waals surface area contributed by atoms with Gasteiger partial charge in [-0.05, 0) is 12.1 Å². The average Bonchev–Trinajstić information content (AvgIpc) is 2.40. The number of nitriles is 1. The van der Waals surface area contributed by atoms with E-state index < -0.39 is 5.82 Å². The highest BCUT2D eigenvalue weighted by Crippen LogP contribution is 2.33. The number of aromatic hydroxyl groups is 1. The summed E-state index contributed by atoms with van der Waals surface area (Å²) >= 11 is 0. The van der Waals surface area contributed by atoms with Crippen molar-refractivity contribution in [2.45, 2.75) is 0 Å². The normalized spacial score (nSPS) is 9.78. The number of para-hydroxylation sites is 1. The molecule has 4 heteroatoms. The van der Waals surface area contributed by atoms with Gasteiger partial charge in [0.25, 0.3) is 0 Å². The highest BCUT2D eigenvalue weighted by atomic mass is 19.1. The smallest absolute Gasteiger partial charge is 0.153 e. The molecule has 0 radical (unpaired) electrons. The summed E-state index contributed by atoms with van der Waals surface area (Å²) in [7, 11) is 0. The fraction of sp³-hybridized carbons (Fsp3) is 0. The van der Waals surface area contributed by atoms with Crippen molar-refractivity contribution < 1.29 is 14.3 Å². The maximum absolute atomic E-state index is 14.0. The van der Waals surface area contributed by atoms with Crippen molar-refractivity contribution in [3.8, 4) is 22.9 Å². The topological polar surface area (TPSA) is 61.1 Å². The molecule has 0 bridgehead atoms. The second kappa shape index (κ2) is 4.68. The van der Waals surface area contributed by atoms with Crippen LogP contribution in [0.2, 0.25) is 0 Å². The van der Waals surface area contributed by atoms with Gasteiger partial charge in [0.05, 0.1) is 11.1 Å². The van der Waals surface area contributed by atoms with Gasteiger partial charge in [0, 0.05) is 11.1 Å². The highest BCUT2D eigenvalue weighted by Gasteiger charge is 2.14. The summed E-state index contributed by atoms with van der Waals surface area (Å²) in [6.07, 6.45) is 0.491. The molecule has 88 valence electrons. The molecule has 0 spiro atoms. The van der Waals surface area contributed by atoms with Crippen LogP contribution in [-0.4, -0.2) is 11.4 Å². The molecule has 2 aromatic carbocycles. The van der Waals surface area contributed by atoms with Gasteiger partial charge in [0.2, 0.25) is 0 Å². The number of aldehydes is 1. The Bertz CT molecular complexity index is 659. The summed E-state index contributed by atoms with van der Waals surface area (Å²) in [6.45, 7) is 0. The Morgan fingerprint density at radius 2 is 1.83 bits per heavy atom. The highest BCUT2D eigenvalue weighted by molar-refractivity contribution is 5.86. The predicted molar refractivity (Wildman–Crippen MR) is 63.6 cm³/mol. The Labute approximate surface area is 103 Å². The molecule has 0 saturated heterocycles. The summed E-state index contributed by atoms with van der Waals surface area (Å²) in [6, 6.07) is 10.5. The number of carbonyl (C=O) groups excluding carboxylic acids is 1. The molecule has 0 saturated carbocycles. The lowest BCUT2D eigenvalue weighted by Crippen LogP contribution is -1.91. The molecule has 0 atom stereocenters. The van der Waals surface area contributed by atoms with Gasteiger partial charge in [0.1, 0.15) is 17.6 Å². The van der Waals surface area contributed by atoms with Crippen LogP contribution in [0.25, 0.3) is 11.1 Å². The van der Waals surface area contributed by atoms with Gasteiger partial charge in [0.15, 0.2) is 6.29 Å². The van der Waals surface area contributed by atoms with E-state index in [1.54, 1.807) is 6.07 Å². The molecule has 2 aromatic rings. The van der Waals surface area contributed by atoms with Crippen LogP contribution in [0.5, 0.6) is 5.75 Å². The van der Waals surface area contributed by atoms with Gasteiger partial charge in [-0.3, -0.25) is 4.79 Å². The summed E-state index contributed by atoms with van der Waals surface area (Å²) in [5.74, 6) is -1.00. The van der Waals surface area contributed by atoms with Crippen molar-refractivity contribution in [3.05, 3.63) is 53.3 Å². The Balaban J connectivity index is 2.71.